The molecule has 0 saturated carbocycles. The van der Waals surface area contributed by atoms with Crippen LogP contribution in [0.15, 0.2) is 48.5 Å². The van der Waals surface area contributed by atoms with Crippen LogP contribution in [0.1, 0.15) is 17.5 Å². The van der Waals surface area contributed by atoms with Gasteiger partial charge in [0.2, 0.25) is 11.8 Å². The number of methoxy groups -OCH3 is 1. The van der Waals surface area contributed by atoms with Crippen molar-refractivity contribution in [3.8, 4) is 5.75 Å². The molecule has 0 radical (unpaired) electrons. The topological polar surface area (TPSA) is 58.6 Å². The van der Waals surface area contributed by atoms with Gasteiger partial charge in [0.15, 0.2) is 0 Å². The van der Waals surface area contributed by atoms with Crippen molar-refractivity contribution in [2.24, 2.45) is 5.92 Å². The van der Waals surface area contributed by atoms with E-state index in [9.17, 15) is 22.8 Å². The van der Waals surface area contributed by atoms with Gasteiger partial charge in [-0.2, -0.15) is 13.2 Å². The monoisotopic (exact) mass is 392 g/mol. The van der Waals surface area contributed by atoms with Crippen molar-refractivity contribution in [3.05, 3.63) is 59.7 Å². The standard InChI is InChI=1S/C20H19F3N2O3/c1-28-17-8-6-16(7-9-17)25-12-14(10-18(25)26)19(27)24-11-13-2-4-15(5-3-13)20(21,22)23/h2-9,14H,10-12H2,1H3,(H,24,27)/t14-/m1/s1. The summed E-state index contributed by atoms with van der Waals surface area (Å²) < 4.78 is 42.8. The molecule has 2 aromatic carbocycles. The molecular formula is C20H19F3N2O3. The number of nitrogens with zero attached hydrogens (tertiary/aromatic N) is 1. The van der Waals surface area contributed by atoms with Crippen molar-refractivity contribution >= 4 is 17.5 Å². The van der Waals surface area contributed by atoms with E-state index in [1.807, 2.05) is 0 Å². The Morgan fingerprint density at radius 1 is 1.14 bits per heavy atom. The molecule has 0 unspecified atom stereocenters. The first kappa shape index (κ1) is 19.7. The average molecular weight is 392 g/mol. The van der Waals surface area contributed by atoms with Crippen LogP contribution < -0.4 is 15.0 Å². The van der Waals surface area contributed by atoms with Gasteiger partial charge in [-0.1, -0.05) is 12.1 Å². The molecule has 8 heteroatoms. The Kier molecular flexibility index (Phi) is 5.58. The molecule has 2 amide bonds. The first-order valence-corrected chi connectivity index (χ1v) is 8.66. The number of rotatable bonds is 5. The van der Waals surface area contributed by atoms with Crippen LogP contribution in [0, 0.1) is 5.92 Å². The van der Waals surface area contributed by atoms with Gasteiger partial charge in [-0.3, -0.25) is 9.59 Å². The maximum Gasteiger partial charge on any atom is 0.416 e. The Labute approximate surface area is 160 Å². The first-order chi connectivity index (χ1) is 13.3. The molecule has 1 fully saturated rings. The van der Waals surface area contributed by atoms with Crippen LogP contribution in [0.5, 0.6) is 5.75 Å². The number of alkyl halides is 3. The fourth-order valence-corrected chi connectivity index (χ4v) is 3.04. The summed E-state index contributed by atoms with van der Waals surface area (Å²) in [6.45, 7) is 0.355. The fourth-order valence-electron chi connectivity index (χ4n) is 3.04. The summed E-state index contributed by atoms with van der Waals surface area (Å²) in [5.41, 5.74) is 0.501. The zero-order valence-electron chi connectivity index (χ0n) is 15.1. The van der Waals surface area contributed by atoms with Gasteiger partial charge in [0.1, 0.15) is 5.75 Å². The van der Waals surface area contributed by atoms with Crippen molar-refractivity contribution in [1.82, 2.24) is 5.32 Å². The average Bonchev–Trinajstić information content (AvgIpc) is 3.07. The van der Waals surface area contributed by atoms with Crippen molar-refractivity contribution in [2.45, 2.75) is 19.1 Å². The molecule has 148 valence electrons. The van der Waals surface area contributed by atoms with Crippen molar-refractivity contribution in [3.63, 3.8) is 0 Å². The maximum absolute atomic E-state index is 12.6. The van der Waals surface area contributed by atoms with Gasteiger partial charge in [-0.25, -0.2) is 0 Å². The molecule has 0 aliphatic carbocycles. The lowest BCUT2D eigenvalue weighted by Crippen LogP contribution is -2.32. The molecule has 1 aliphatic heterocycles. The number of nitrogens with one attached hydrogen (secondary N) is 1. The summed E-state index contributed by atoms with van der Waals surface area (Å²) in [4.78, 5) is 26.2. The molecular weight excluding hydrogens is 373 g/mol. The van der Waals surface area contributed by atoms with Gasteiger partial charge >= 0.3 is 6.18 Å². The minimum atomic E-state index is -4.39. The van der Waals surface area contributed by atoms with Crippen LogP contribution in [-0.2, 0) is 22.3 Å². The molecule has 1 N–H and O–H groups in total. The summed E-state index contributed by atoms with van der Waals surface area (Å²) >= 11 is 0. The Balaban J connectivity index is 1.57. The Hall–Kier alpha value is -3.03. The summed E-state index contributed by atoms with van der Waals surface area (Å²) in [7, 11) is 1.55. The molecule has 2 aromatic rings. The highest BCUT2D eigenvalue weighted by Gasteiger charge is 2.35. The van der Waals surface area contributed by atoms with Gasteiger partial charge in [0.05, 0.1) is 18.6 Å². The molecule has 0 spiro atoms. The number of benzene rings is 2. The molecule has 5 nitrogen and oxygen atoms in total. The fraction of sp³-hybridized carbons (Fsp3) is 0.300. The third kappa shape index (κ3) is 4.44. The van der Waals surface area contributed by atoms with E-state index in [1.54, 1.807) is 36.3 Å². The lowest BCUT2D eigenvalue weighted by Gasteiger charge is -2.17. The number of ether oxygens (including phenoxy) is 1. The molecule has 1 aliphatic rings. The molecule has 28 heavy (non-hydrogen) atoms. The predicted molar refractivity (Wildman–Crippen MR) is 96.7 cm³/mol. The number of hydrogen-bond acceptors (Lipinski definition) is 3. The Bertz CT molecular complexity index is 848. The molecule has 0 aromatic heterocycles. The van der Waals surface area contributed by atoms with Gasteiger partial charge in [-0.05, 0) is 42.0 Å². The summed E-state index contributed by atoms with van der Waals surface area (Å²) in [5.74, 6) is -0.297. The van der Waals surface area contributed by atoms with Crippen molar-refractivity contribution in [1.29, 1.82) is 0 Å². The third-order valence-corrected chi connectivity index (χ3v) is 4.63. The second-order valence-corrected chi connectivity index (χ2v) is 6.52. The Morgan fingerprint density at radius 3 is 2.36 bits per heavy atom. The SMILES string of the molecule is COc1ccc(N2C[C@H](C(=O)NCc3ccc(C(F)(F)F)cc3)CC2=O)cc1. The van der Waals surface area contributed by atoms with Crippen LogP contribution >= 0.6 is 0 Å². The highest BCUT2D eigenvalue weighted by Crippen LogP contribution is 2.29. The van der Waals surface area contributed by atoms with E-state index in [0.717, 1.165) is 12.1 Å². The summed E-state index contributed by atoms with van der Waals surface area (Å²) in [5, 5.41) is 2.69. The largest absolute Gasteiger partial charge is 0.497 e. The van der Waals surface area contributed by atoms with Gasteiger partial charge in [0, 0.05) is 25.2 Å². The quantitative estimate of drug-likeness (QED) is 0.849. The zero-order valence-corrected chi connectivity index (χ0v) is 15.1. The number of hydrogen-bond donors (Lipinski definition) is 1. The van der Waals surface area contributed by atoms with Gasteiger partial charge in [-0.15, -0.1) is 0 Å². The number of amides is 2. The Morgan fingerprint density at radius 2 is 1.79 bits per heavy atom. The minimum absolute atomic E-state index is 0.0882. The smallest absolute Gasteiger partial charge is 0.416 e. The summed E-state index contributed by atoms with van der Waals surface area (Å²) in [6.07, 6.45) is -4.30. The lowest BCUT2D eigenvalue weighted by atomic mass is 10.1. The number of anilines is 1. The molecule has 0 bridgehead atoms. The highest BCUT2D eigenvalue weighted by atomic mass is 19.4. The van der Waals surface area contributed by atoms with E-state index in [-0.39, 0.29) is 31.3 Å². The van der Waals surface area contributed by atoms with Crippen LogP contribution in [-0.4, -0.2) is 25.5 Å². The summed E-state index contributed by atoms with van der Waals surface area (Å²) in [6, 6.07) is 11.6. The number of halogens is 3. The number of carbonyl (C=O) groups excluding carboxylic acids is 2. The van der Waals surface area contributed by atoms with Crippen molar-refractivity contribution in [2.75, 3.05) is 18.6 Å². The van der Waals surface area contributed by atoms with Crippen LogP contribution in [0.4, 0.5) is 18.9 Å². The predicted octanol–water partition coefficient (Wildman–Crippen LogP) is 3.38. The normalized spacial score (nSPS) is 16.9. The highest BCUT2D eigenvalue weighted by molar-refractivity contribution is 6.00. The molecule has 1 atom stereocenters. The van der Waals surface area contributed by atoms with E-state index < -0.39 is 17.7 Å². The second kappa shape index (κ2) is 7.92. The van der Waals surface area contributed by atoms with Crippen molar-refractivity contribution < 1.29 is 27.5 Å². The lowest BCUT2D eigenvalue weighted by molar-refractivity contribution is -0.137. The van der Waals surface area contributed by atoms with Gasteiger partial charge in [0.25, 0.3) is 0 Å². The first-order valence-electron chi connectivity index (χ1n) is 8.66. The number of carbonyl (C=O) groups is 2. The molecule has 1 heterocycles. The van der Waals surface area contributed by atoms with Gasteiger partial charge < -0.3 is 15.0 Å². The van der Waals surface area contributed by atoms with E-state index >= 15 is 0 Å². The van der Waals surface area contributed by atoms with E-state index in [1.165, 1.54) is 12.1 Å². The second-order valence-electron chi connectivity index (χ2n) is 6.52. The molecule has 1 saturated heterocycles. The van der Waals surface area contributed by atoms with Crippen LogP contribution in [0.2, 0.25) is 0 Å². The minimum Gasteiger partial charge on any atom is -0.497 e. The van der Waals surface area contributed by atoms with E-state index in [0.29, 0.717) is 17.0 Å². The van der Waals surface area contributed by atoms with Crippen LogP contribution in [0.25, 0.3) is 0 Å². The van der Waals surface area contributed by atoms with Crippen LogP contribution in [0.3, 0.4) is 0 Å². The third-order valence-electron chi connectivity index (χ3n) is 4.63. The van der Waals surface area contributed by atoms with E-state index in [2.05, 4.69) is 5.32 Å². The zero-order chi connectivity index (χ0) is 20.3. The molecule has 3 rings (SSSR count). The van der Waals surface area contributed by atoms with E-state index in [4.69, 9.17) is 4.74 Å². The maximum atomic E-state index is 12.6.